The summed E-state index contributed by atoms with van der Waals surface area (Å²) < 4.78 is 83.0. The van der Waals surface area contributed by atoms with Gasteiger partial charge >= 0.3 is 0 Å². The van der Waals surface area contributed by atoms with Crippen molar-refractivity contribution in [2.45, 2.75) is 28.5 Å². The van der Waals surface area contributed by atoms with Crippen molar-refractivity contribution in [3.8, 4) is 17.2 Å². The van der Waals surface area contributed by atoms with Gasteiger partial charge in [0.2, 0.25) is 23.4 Å². The van der Waals surface area contributed by atoms with E-state index >= 15 is 8.78 Å². The molecule has 0 aromatic heterocycles. The standard InChI is InChI=1S/C28H19Cl2F5N2O7/c1-43-12-5-8(6-13(44-2)22(12)38)15-9-3-4-10-14(24(40)36-23(10)39)11(9)7-27(29)25(41)37(26(42)28(15,27)30)21-19(34)17(32)16(31)18(33)20(21)35/h3,5-6,10-11,14-15,38H,4,7H2,1-2H3,(H,36,39,40)/t10-,11+,14-,15-,27+,28-/m0/s1. The van der Waals surface area contributed by atoms with Crippen LogP contribution in [0, 0.1) is 46.8 Å². The van der Waals surface area contributed by atoms with E-state index in [1.165, 1.54) is 32.4 Å². The number of hydrogen-bond acceptors (Lipinski definition) is 7. The minimum absolute atomic E-state index is 0.0102. The van der Waals surface area contributed by atoms with E-state index in [4.69, 9.17) is 32.7 Å². The number of aromatic hydroxyl groups is 1. The summed E-state index contributed by atoms with van der Waals surface area (Å²) in [6.45, 7) is 0. The number of allylic oxidation sites excluding steroid dienone is 2. The Morgan fingerprint density at radius 1 is 0.864 bits per heavy atom. The van der Waals surface area contributed by atoms with E-state index in [0.717, 1.165) is 0 Å². The lowest BCUT2D eigenvalue weighted by atomic mass is 9.56. The first-order valence-corrected chi connectivity index (χ1v) is 13.7. The Balaban J connectivity index is 1.65. The highest BCUT2D eigenvalue weighted by atomic mass is 35.5. The fourth-order valence-electron chi connectivity index (χ4n) is 6.93. The number of anilines is 1. The molecule has 6 rings (SSSR count). The minimum Gasteiger partial charge on any atom is -0.502 e. The summed E-state index contributed by atoms with van der Waals surface area (Å²) >= 11 is 14.0. The molecule has 0 radical (unpaired) electrons. The van der Waals surface area contributed by atoms with Crippen molar-refractivity contribution < 1.29 is 55.7 Å². The lowest BCUT2D eigenvalue weighted by molar-refractivity contribution is -0.127. The van der Waals surface area contributed by atoms with Crippen molar-refractivity contribution in [2.24, 2.45) is 17.8 Å². The van der Waals surface area contributed by atoms with E-state index in [1.54, 1.807) is 0 Å². The van der Waals surface area contributed by atoms with Crippen LogP contribution in [0.1, 0.15) is 24.3 Å². The van der Waals surface area contributed by atoms with Crippen LogP contribution in [0.2, 0.25) is 0 Å². The Hall–Kier alpha value is -3.91. The molecule has 2 aliphatic heterocycles. The second-order valence-electron chi connectivity index (χ2n) is 10.8. The molecule has 0 bridgehead atoms. The maximum absolute atomic E-state index is 15.0. The molecular formula is C28H19Cl2F5N2O7. The van der Waals surface area contributed by atoms with Gasteiger partial charge in [-0.1, -0.05) is 11.6 Å². The number of rotatable bonds is 4. The number of nitrogens with one attached hydrogen (secondary N) is 1. The molecule has 2 aromatic carbocycles. The maximum Gasteiger partial charge on any atom is 0.258 e. The molecule has 0 spiro atoms. The van der Waals surface area contributed by atoms with E-state index in [-0.39, 0.29) is 34.0 Å². The third-order valence-corrected chi connectivity index (χ3v) is 10.3. The Labute approximate surface area is 254 Å². The van der Waals surface area contributed by atoms with Gasteiger partial charge in [0.05, 0.1) is 26.1 Å². The predicted octanol–water partition coefficient (Wildman–Crippen LogP) is 3.96. The molecule has 44 heavy (non-hydrogen) atoms. The molecule has 4 amide bonds. The van der Waals surface area contributed by atoms with Crippen LogP contribution in [-0.2, 0) is 19.2 Å². The summed E-state index contributed by atoms with van der Waals surface area (Å²) in [5.74, 6) is -22.3. The van der Waals surface area contributed by atoms with Gasteiger partial charge in [0.15, 0.2) is 44.5 Å². The number of carbonyl (C=O) groups is 4. The molecule has 4 aliphatic rings. The van der Waals surface area contributed by atoms with Gasteiger partial charge < -0.3 is 14.6 Å². The third-order valence-electron chi connectivity index (χ3n) is 8.90. The molecule has 2 N–H and O–H groups in total. The van der Waals surface area contributed by atoms with Crippen molar-refractivity contribution in [2.75, 3.05) is 19.1 Å². The van der Waals surface area contributed by atoms with Crippen molar-refractivity contribution in [1.29, 1.82) is 0 Å². The zero-order chi connectivity index (χ0) is 32.2. The van der Waals surface area contributed by atoms with Crippen molar-refractivity contribution in [1.82, 2.24) is 5.32 Å². The highest BCUT2D eigenvalue weighted by molar-refractivity contribution is 6.58. The molecule has 0 unspecified atom stereocenters. The highest BCUT2D eigenvalue weighted by Crippen LogP contribution is 2.66. The largest absolute Gasteiger partial charge is 0.502 e. The number of amides is 4. The molecular weight excluding hydrogens is 642 g/mol. The Bertz CT molecular complexity index is 1700. The first-order chi connectivity index (χ1) is 20.6. The summed E-state index contributed by atoms with van der Waals surface area (Å²) in [4.78, 5) is 48.1. The zero-order valence-corrected chi connectivity index (χ0v) is 24.0. The van der Waals surface area contributed by atoms with Crippen molar-refractivity contribution in [3.05, 3.63) is 58.4 Å². The number of hydrogen-bond donors (Lipinski definition) is 2. The number of phenolic OH excluding ortho intramolecular Hbond substituents is 1. The summed E-state index contributed by atoms with van der Waals surface area (Å²) in [7, 11) is 2.39. The fourth-order valence-corrected chi connectivity index (χ4v) is 7.87. The van der Waals surface area contributed by atoms with Crippen molar-refractivity contribution >= 4 is 52.5 Å². The maximum atomic E-state index is 15.0. The second-order valence-corrected chi connectivity index (χ2v) is 12.1. The summed E-state index contributed by atoms with van der Waals surface area (Å²) in [6.07, 6.45) is 0.883. The summed E-state index contributed by atoms with van der Waals surface area (Å²) in [5.41, 5.74) is -1.64. The molecule has 2 heterocycles. The van der Waals surface area contributed by atoms with Gasteiger partial charge in [-0.2, -0.15) is 0 Å². The molecule has 9 nitrogen and oxygen atoms in total. The number of ether oxygens (including phenoxy) is 2. The molecule has 16 heteroatoms. The summed E-state index contributed by atoms with van der Waals surface area (Å²) in [5, 5.41) is 12.7. The van der Waals surface area contributed by atoms with Crippen LogP contribution in [0.15, 0.2) is 23.8 Å². The molecule has 2 saturated heterocycles. The fraction of sp³-hybridized carbons (Fsp3) is 0.357. The summed E-state index contributed by atoms with van der Waals surface area (Å²) in [6, 6.07) is 2.44. The number of nitrogens with zero attached hydrogens (tertiary/aromatic N) is 1. The van der Waals surface area contributed by atoms with Gasteiger partial charge in [-0.15, -0.1) is 23.2 Å². The highest BCUT2D eigenvalue weighted by Gasteiger charge is 2.77. The van der Waals surface area contributed by atoms with Crippen LogP contribution < -0.4 is 19.7 Å². The first-order valence-electron chi connectivity index (χ1n) is 12.9. The average molecular weight is 661 g/mol. The van der Waals surface area contributed by atoms with Gasteiger partial charge in [-0.25, -0.2) is 26.9 Å². The van der Waals surface area contributed by atoms with Crippen LogP contribution in [0.3, 0.4) is 0 Å². The van der Waals surface area contributed by atoms with Gasteiger partial charge in [0.1, 0.15) is 5.69 Å². The van der Waals surface area contributed by atoms with Gasteiger partial charge in [0, 0.05) is 5.92 Å². The van der Waals surface area contributed by atoms with Crippen molar-refractivity contribution in [3.63, 3.8) is 0 Å². The van der Waals surface area contributed by atoms with Gasteiger partial charge in [-0.3, -0.25) is 24.5 Å². The van der Waals surface area contributed by atoms with E-state index in [0.29, 0.717) is 0 Å². The molecule has 2 aliphatic carbocycles. The van der Waals surface area contributed by atoms with Gasteiger partial charge in [0.25, 0.3) is 11.8 Å². The second kappa shape index (κ2) is 9.80. The molecule has 3 fully saturated rings. The molecule has 1 saturated carbocycles. The SMILES string of the molecule is COc1cc([C@H]2C3=CC[C@@H]4C(=O)NC(=O)[C@@H]4[C@@H]3C[C@@]3(Cl)C(=O)N(c4c(F)c(F)c(F)c(F)c4F)C(=O)[C@@]23Cl)cc(OC)c1O. The number of methoxy groups -OCH3 is 2. The first kappa shape index (κ1) is 30.1. The van der Waals surface area contributed by atoms with Crippen LogP contribution in [-0.4, -0.2) is 52.7 Å². The normalized spacial score (nSPS) is 30.9. The minimum atomic E-state index is -2.72. The molecule has 6 atom stereocenters. The number of imide groups is 2. The quantitative estimate of drug-likeness (QED) is 0.127. The molecule has 2 aromatic rings. The number of benzene rings is 2. The average Bonchev–Trinajstić information content (AvgIpc) is 3.37. The van der Waals surface area contributed by atoms with Crippen LogP contribution in [0.5, 0.6) is 17.2 Å². The number of fused-ring (bicyclic) bond motifs is 4. The lowest BCUT2D eigenvalue weighted by Gasteiger charge is -2.50. The number of halogens is 7. The smallest absolute Gasteiger partial charge is 0.258 e. The Kier molecular flexibility index (Phi) is 6.71. The van der Waals surface area contributed by atoms with E-state index in [2.05, 4.69) is 5.32 Å². The Morgan fingerprint density at radius 2 is 1.41 bits per heavy atom. The number of carbonyl (C=O) groups excluding carboxylic acids is 4. The number of phenols is 1. The zero-order valence-electron chi connectivity index (χ0n) is 22.4. The van der Waals surface area contributed by atoms with E-state index in [9.17, 15) is 37.5 Å². The lowest BCUT2D eigenvalue weighted by Crippen LogP contribution is -2.60. The Morgan fingerprint density at radius 3 is 1.95 bits per heavy atom. The van der Waals surface area contributed by atoms with Crippen LogP contribution in [0.4, 0.5) is 27.6 Å². The predicted molar refractivity (Wildman–Crippen MR) is 141 cm³/mol. The van der Waals surface area contributed by atoms with E-state index in [1.807, 2.05) is 0 Å². The van der Waals surface area contributed by atoms with E-state index < -0.39 is 104 Å². The third kappa shape index (κ3) is 3.57. The number of alkyl halides is 2. The van der Waals surface area contributed by atoms with Crippen LogP contribution >= 0.6 is 23.2 Å². The molecule has 232 valence electrons. The van der Waals surface area contributed by atoms with Gasteiger partial charge in [-0.05, 0) is 36.5 Å². The topological polar surface area (TPSA) is 122 Å². The van der Waals surface area contributed by atoms with Crippen LogP contribution in [0.25, 0.3) is 0 Å². The monoisotopic (exact) mass is 660 g/mol.